The smallest absolute Gasteiger partial charge is 0.262 e. The predicted molar refractivity (Wildman–Crippen MR) is 111 cm³/mol. The summed E-state index contributed by atoms with van der Waals surface area (Å²) >= 11 is 6.17. The molecule has 1 N–H and O–H groups in total. The van der Waals surface area contributed by atoms with Crippen LogP contribution in [-0.4, -0.2) is 22.7 Å². The van der Waals surface area contributed by atoms with E-state index in [1.807, 2.05) is 12.1 Å². The van der Waals surface area contributed by atoms with Gasteiger partial charge in [0.2, 0.25) is 5.82 Å². The summed E-state index contributed by atoms with van der Waals surface area (Å²) in [5.74, 6) is 0.394. The van der Waals surface area contributed by atoms with Gasteiger partial charge in [-0.2, -0.15) is 4.98 Å². The fraction of sp³-hybridized carbons (Fsp3) is 0.0455. The molecule has 0 aliphatic rings. The van der Waals surface area contributed by atoms with Crippen molar-refractivity contribution in [1.29, 1.82) is 0 Å². The molecule has 4 rings (SSSR count). The highest BCUT2D eigenvalue weighted by Gasteiger charge is 2.14. The van der Waals surface area contributed by atoms with Gasteiger partial charge >= 0.3 is 0 Å². The van der Waals surface area contributed by atoms with Gasteiger partial charge in [-0.1, -0.05) is 41.0 Å². The predicted octanol–water partition coefficient (Wildman–Crippen LogP) is 5.21. The highest BCUT2D eigenvalue weighted by atomic mass is 35.5. The normalized spacial score (nSPS) is 10.6. The van der Waals surface area contributed by atoms with Crippen LogP contribution in [0.15, 0.2) is 77.3 Å². The summed E-state index contributed by atoms with van der Waals surface area (Å²) in [5.41, 5.74) is 1.79. The first-order valence-electron chi connectivity index (χ1n) is 8.96. The van der Waals surface area contributed by atoms with Gasteiger partial charge < -0.3 is 14.6 Å². The zero-order valence-corrected chi connectivity index (χ0v) is 16.3. The number of nitrogens with one attached hydrogen (secondary N) is 1. The largest absolute Gasteiger partial charge is 0.484 e. The van der Waals surface area contributed by atoms with E-state index in [2.05, 4.69) is 15.5 Å². The molecular formula is C22H15ClFN3O3. The zero-order valence-electron chi connectivity index (χ0n) is 15.5. The average Bonchev–Trinajstić information content (AvgIpc) is 3.25. The molecule has 0 saturated carbocycles. The molecule has 0 aliphatic carbocycles. The molecule has 0 atom stereocenters. The van der Waals surface area contributed by atoms with E-state index in [-0.39, 0.29) is 18.3 Å². The molecular weight excluding hydrogens is 409 g/mol. The van der Waals surface area contributed by atoms with Crippen molar-refractivity contribution >= 4 is 23.2 Å². The van der Waals surface area contributed by atoms with Gasteiger partial charge in [-0.3, -0.25) is 4.79 Å². The Bertz CT molecular complexity index is 1180. The second-order valence-electron chi connectivity index (χ2n) is 6.27. The number of hydrogen-bond acceptors (Lipinski definition) is 5. The van der Waals surface area contributed by atoms with Crippen LogP contribution in [0.25, 0.3) is 22.8 Å². The van der Waals surface area contributed by atoms with E-state index >= 15 is 0 Å². The van der Waals surface area contributed by atoms with Gasteiger partial charge in [-0.15, -0.1) is 0 Å². The molecule has 0 radical (unpaired) electrons. The number of aromatic nitrogens is 2. The van der Waals surface area contributed by atoms with Crippen molar-refractivity contribution in [3.63, 3.8) is 0 Å². The maximum Gasteiger partial charge on any atom is 0.262 e. The summed E-state index contributed by atoms with van der Waals surface area (Å²) < 4.78 is 23.8. The molecule has 0 saturated heterocycles. The Balaban J connectivity index is 1.42. The number of benzene rings is 3. The minimum atomic E-state index is -0.375. The number of hydrogen-bond donors (Lipinski definition) is 1. The highest BCUT2D eigenvalue weighted by molar-refractivity contribution is 6.33. The van der Waals surface area contributed by atoms with E-state index in [4.69, 9.17) is 20.9 Å². The van der Waals surface area contributed by atoms with Crippen molar-refractivity contribution in [3.05, 3.63) is 83.6 Å². The Morgan fingerprint density at radius 2 is 1.87 bits per heavy atom. The van der Waals surface area contributed by atoms with Crippen molar-refractivity contribution in [2.75, 3.05) is 11.9 Å². The van der Waals surface area contributed by atoms with E-state index in [0.717, 1.165) is 0 Å². The molecule has 4 aromatic rings. The van der Waals surface area contributed by atoms with E-state index in [0.29, 0.717) is 39.3 Å². The lowest BCUT2D eigenvalue weighted by Gasteiger charge is -2.08. The maximum atomic E-state index is 12.9. The first-order valence-corrected chi connectivity index (χ1v) is 9.33. The van der Waals surface area contributed by atoms with Crippen molar-refractivity contribution < 1.29 is 18.4 Å². The van der Waals surface area contributed by atoms with Crippen LogP contribution in [0.4, 0.5) is 10.1 Å². The van der Waals surface area contributed by atoms with Crippen LogP contribution in [0, 0.1) is 5.82 Å². The first-order chi connectivity index (χ1) is 14.6. The lowest BCUT2D eigenvalue weighted by molar-refractivity contribution is -0.118. The number of amides is 1. The van der Waals surface area contributed by atoms with Crippen LogP contribution in [0.3, 0.4) is 0 Å². The molecule has 150 valence electrons. The minimum absolute atomic E-state index is 0.210. The molecule has 1 aromatic heterocycles. The number of halogens is 2. The molecule has 8 heteroatoms. The molecule has 0 aliphatic heterocycles. The fourth-order valence-corrected chi connectivity index (χ4v) is 2.91. The summed E-state index contributed by atoms with van der Waals surface area (Å²) in [6, 6.07) is 19.6. The van der Waals surface area contributed by atoms with Gasteiger partial charge in [0.1, 0.15) is 11.6 Å². The summed E-state index contributed by atoms with van der Waals surface area (Å²) in [6.45, 7) is -0.210. The Kier molecular flexibility index (Phi) is 5.72. The zero-order chi connectivity index (χ0) is 20.9. The topological polar surface area (TPSA) is 77.2 Å². The molecule has 0 fully saturated rings. The number of anilines is 1. The SMILES string of the molecule is O=C(COc1cccc(-c2noc(-c3ccccc3Cl)n2)c1)Nc1ccc(F)cc1. The minimum Gasteiger partial charge on any atom is -0.484 e. The number of rotatable bonds is 6. The van der Waals surface area contributed by atoms with E-state index in [1.54, 1.807) is 36.4 Å². The molecule has 6 nitrogen and oxygen atoms in total. The third kappa shape index (κ3) is 4.64. The van der Waals surface area contributed by atoms with Crippen molar-refractivity contribution in [2.45, 2.75) is 0 Å². The summed E-state index contributed by atoms with van der Waals surface area (Å²) in [6.07, 6.45) is 0. The number of ether oxygens (including phenoxy) is 1. The summed E-state index contributed by atoms with van der Waals surface area (Å²) in [4.78, 5) is 16.4. The van der Waals surface area contributed by atoms with Gasteiger partial charge in [-0.25, -0.2) is 4.39 Å². The van der Waals surface area contributed by atoms with E-state index < -0.39 is 0 Å². The van der Waals surface area contributed by atoms with Gasteiger partial charge in [0.25, 0.3) is 11.8 Å². The Labute approximate surface area is 176 Å². The lowest BCUT2D eigenvalue weighted by Crippen LogP contribution is -2.20. The number of carbonyl (C=O) groups excluding carboxylic acids is 1. The van der Waals surface area contributed by atoms with Crippen molar-refractivity contribution in [2.24, 2.45) is 0 Å². The molecule has 1 amide bonds. The standard InChI is InChI=1S/C22H15ClFN3O3/c23-19-7-2-1-6-18(19)22-26-21(27-30-22)14-4-3-5-17(12-14)29-13-20(28)25-16-10-8-15(24)9-11-16/h1-12H,13H2,(H,25,28). The molecule has 1 heterocycles. The molecule has 3 aromatic carbocycles. The van der Waals surface area contributed by atoms with Crippen LogP contribution >= 0.6 is 11.6 Å². The number of nitrogens with zero attached hydrogens (tertiary/aromatic N) is 2. The van der Waals surface area contributed by atoms with Gasteiger partial charge in [-0.05, 0) is 48.5 Å². The van der Waals surface area contributed by atoms with Crippen LogP contribution in [0.5, 0.6) is 5.75 Å². The summed E-state index contributed by atoms with van der Waals surface area (Å²) in [5, 5.41) is 7.13. The van der Waals surface area contributed by atoms with E-state index in [1.165, 1.54) is 24.3 Å². The Morgan fingerprint density at radius 1 is 1.07 bits per heavy atom. The third-order valence-electron chi connectivity index (χ3n) is 4.12. The molecule has 0 spiro atoms. The first kappa shape index (κ1) is 19.6. The van der Waals surface area contributed by atoms with E-state index in [9.17, 15) is 9.18 Å². The van der Waals surface area contributed by atoms with Crippen LogP contribution < -0.4 is 10.1 Å². The molecule has 0 unspecified atom stereocenters. The second kappa shape index (κ2) is 8.75. The second-order valence-corrected chi connectivity index (χ2v) is 6.68. The Hall–Kier alpha value is -3.71. The quantitative estimate of drug-likeness (QED) is 0.460. The van der Waals surface area contributed by atoms with Gasteiger partial charge in [0, 0.05) is 11.3 Å². The highest BCUT2D eigenvalue weighted by Crippen LogP contribution is 2.29. The molecule has 0 bridgehead atoms. The maximum absolute atomic E-state index is 12.9. The van der Waals surface area contributed by atoms with Crippen LogP contribution in [0.2, 0.25) is 5.02 Å². The third-order valence-corrected chi connectivity index (χ3v) is 4.45. The average molecular weight is 424 g/mol. The Morgan fingerprint density at radius 3 is 2.67 bits per heavy atom. The van der Waals surface area contributed by atoms with Crippen molar-refractivity contribution in [3.8, 4) is 28.6 Å². The monoisotopic (exact) mass is 423 g/mol. The van der Waals surface area contributed by atoms with Crippen LogP contribution in [0.1, 0.15) is 0 Å². The van der Waals surface area contributed by atoms with Gasteiger partial charge in [0.15, 0.2) is 6.61 Å². The van der Waals surface area contributed by atoms with Crippen LogP contribution in [-0.2, 0) is 4.79 Å². The fourth-order valence-electron chi connectivity index (χ4n) is 2.69. The number of carbonyl (C=O) groups is 1. The molecule has 30 heavy (non-hydrogen) atoms. The van der Waals surface area contributed by atoms with Crippen molar-refractivity contribution in [1.82, 2.24) is 10.1 Å². The summed E-state index contributed by atoms with van der Waals surface area (Å²) in [7, 11) is 0. The lowest BCUT2D eigenvalue weighted by atomic mass is 10.2. The van der Waals surface area contributed by atoms with Gasteiger partial charge in [0.05, 0.1) is 10.6 Å².